The van der Waals surface area contributed by atoms with Gasteiger partial charge in [0.25, 0.3) is 0 Å². The van der Waals surface area contributed by atoms with Gasteiger partial charge in [0.2, 0.25) is 0 Å². The second-order valence-corrected chi connectivity index (χ2v) is 5.79. The maximum atomic E-state index is 12.4. The molecule has 0 aromatic heterocycles. The minimum atomic E-state index is -0.0555. The molecule has 0 unspecified atom stereocenters. The van der Waals surface area contributed by atoms with E-state index in [2.05, 4.69) is 36.5 Å². The fraction of sp³-hybridized carbons (Fsp3) is 0.0952. The quantitative estimate of drug-likeness (QED) is 0.679. The van der Waals surface area contributed by atoms with Gasteiger partial charge in [0.1, 0.15) is 5.75 Å². The summed E-state index contributed by atoms with van der Waals surface area (Å²) in [6.45, 7) is 2.81. The van der Waals surface area contributed by atoms with E-state index in [1.165, 1.54) is 23.3 Å². The van der Waals surface area contributed by atoms with Crippen LogP contribution in [0.2, 0.25) is 0 Å². The minimum absolute atomic E-state index is 0.0555. The second kappa shape index (κ2) is 7.01. The Hall–Kier alpha value is -3.07. The molecule has 0 aliphatic heterocycles. The predicted octanol–water partition coefficient (Wildman–Crippen LogP) is 4.54. The molecule has 0 saturated carbocycles. The normalized spacial score (nSPS) is 10.4. The highest BCUT2D eigenvalue weighted by Crippen LogP contribution is 2.17. The van der Waals surface area contributed by atoms with Gasteiger partial charge in [0.05, 0.1) is 0 Å². The van der Waals surface area contributed by atoms with E-state index in [9.17, 15) is 9.90 Å². The zero-order valence-electron chi connectivity index (χ0n) is 13.5. The monoisotopic (exact) mass is 317 g/mol. The van der Waals surface area contributed by atoms with Crippen molar-refractivity contribution in [2.24, 2.45) is 0 Å². The van der Waals surface area contributed by atoms with E-state index < -0.39 is 0 Å². The lowest BCUT2D eigenvalue weighted by atomic mass is 10.0. The Morgan fingerprint density at radius 2 is 1.38 bits per heavy atom. The maximum absolute atomic E-state index is 12.4. The summed E-state index contributed by atoms with van der Waals surface area (Å²) in [6, 6.07) is 22.1. The average Bonchev–Trinajstić information content (AvgIpc) is 2.62. The molecule has 0 aliphatic rings. The number of phenolic OH excluding ortho intramolecular Hbond substituents is 1. The highest BCUT2D eigenvalue weighted by Gasteiger charge is 2.08. The number of anilines is 1. The Balaban J connectivity index is 1.65. The number of aryl methyl sites for hydroxylation is 1. The van der Waals surface area contributed by atoms with Crippen molar-refractivity contribution in [2.45, 2.75) is 13.5 Å². The van der Waals surface area contributed by atoms with Gasteiger partial charge in [0, 0.05) is 23.4 Å². The largest absolute Gasteiger partial charge is 0.508 e. The maximum Gasteiger partial charge on any atom is 0.193 e. The van der Waals surface area contributed by atoms with Crippen LogP contribution in [0, 0.1) is 6.92 Å². The number of benzene rings is 3. The van der Waals surface area contributed by atoms with Crippen LogP contribution < -0.4 is 5.32 Å². The molecule has 0 saturated heterocycles. The number of hydrogen-bond donors (Lipinski definition) is 2. The molecule has 0 bridgehead atoms. The summed E-state index contributed by atoms with van der Waals surface area (Å²) in [4.78, 5) is 12.4. The van der Waals surface area contributed by atoms with Crippen molar-refractivity contribution < 1.29 is 9.90 Å². The Labute approximate surface area is 141 Å². The summed E-state index contributed by atoms with van der Waals surface area (Å²) in [6.07, 6.45) is 0. The third-order valence-corrected chi connectivity index (χ3v) is 3.89. The molecule has 0 amide bonds. The van der Waals surface area contributed by atoms with E-state index in [4.69, 9.17) is 0 Å². The lowest BCUT2D eigenvalue weighted by Crippen LogP contribution is -2.02. The van der Waals surface area contributed by atoms with Crippen LogP contribution in [0.25, 0.3) is 0 Å². The SMILES string of the molecule is Cc1ccc(CNc2ccc(C(=O)c3ccc(O)cc3)cc2)cc1. The van der Waals surface area contributed by atoms with Gasteiger partial charge in [-0.05, 0) is 61.0 Å². The third kappa shape index (κ3) is 3.82. The fourth-order valence-electron chi connectivity index (χ4n) is 2.43. The van der Waals surface area contributed by atoms with E-state index in [0.29, 0.717) is 11.1 Å². The molecule has 0 fully saturated rings. The topological polar surface area (TPSA) is 49.3 Å². The van der Waals surface area contributed by atoms with Crippen molar-refractivity contribution in [2.75, 3.05) is 5.32 Å². The molecule has 0 aliphatic carbocycles. The van der Waals surface area contributed by atoms with Crippen LogP contribution in [0.4, 0.5) is 5.69 Å². The van der Waals surface area contributed by atoms with Crippen LogP contribution in [-0.4, -0.2) is 10.9 Å². The molecular weight excluding hydrogens is 298 g/mol. The Bertz CT molecular complexity index is 819. The molecule has 0 radical (unpaired) electrons. The molecule has 0 atom stereocenters. The van der Waals surface area contributed by atoms with Gasteiger partial charge in [-0.25, -0.2) is 0 Å². The zero-order valence-corrected chi connectivity index (χ0v) is 13.5. The third-order valence-electron chi connectivity index (χ3n) is 3.89. The minimum Gasteiger partial charge on any atom is -0.508 e. The first-order chi connectivity index (χ1) is 11.6. The van der Waals surface area contributed by atoms with Gasteiger partial charge in [-0.15, -0.1) is 0 Å². The molecule has 0 heterocycles. The molecular formula is C21H19NO2. The predicted molar refractivity (Wildman–Crippen MR) is 96.5 cm³/mol. The van der Waals surface area contributed by atoms with Gasteiger partial charge in [-0.3, -0.25) is 4.79 Å². The highest BCUT2D eigenvalue weighted by atomic mass is 16.3. The molecule has 0 spiro atoms. The first kappa shape index (κ1) is 15.8. The highest BCUT2D eigenvalue weighted by molar-refractivity contribution is 6.09. The number of aromatic hydroxyl groups is 1. The van der Waals surface area contributed by atoms with Gasteiger partial charge in [0.15, 0.2) is 5.78 Å². The fourth-order valence-corrected chi connectivity index (χ4v) is 2.43. The molecule has 3 heteroatoms. The lowest BCUT2D eigenvalue weighted by molar-refractivity contribution is 0.103. The number of nitrogens with one attached hydrogen (secondary N) is 1. The van der Waals surface area contributed by atoms with Crippen molar-refractivity contribution in [3.63, 3.8) is 0 Å². The van der Waals surface area contributed by atoms with E-state index in [-0.39, 0.29) is 11.5 Å². The number of carbonyl (C=O) groups excluding carboxylic acids is 1. The summed E-state index contributed by atoms with van der Waals surface area (Å²) in [7, 11) is 0. The lowest BCUT2D eigenvalue weighted by Gasteiger charge is -2.08. The number of phenols is 1. The van der Waals surface area contributed by atoms with Gasteiger partial charge >= 0.3 is 0 Å². The summed E-state index contributed by atoms with van der Waals surface area (Å²) >= 11 is 0. The van der Waals surface area contributed by atoms with E-state index in [1.54, 1.807) is 12.1 Å². The molecule has 3 aromatic carbocycles. The summed E-state index contributed by atoms with van der Waals surface area (Å²) in [5, 5.41) is 12.6. The van der Waals surface area contributed by atoms with Gasteiger partial charge in [-0.2, -0.15) is 0 Å². The van der Waals surface area contributed by atoms with Crippen LogP contribution in [-0.2, 0) is 6.54 Å². The van der Waals surface area contributed by atoms with E-state index >= 15 is 0 Å². The zero-order chi connectivity index (χ0) is 16.9. The first-order valence-corrected chi connectivity index (χ1v) is 7.85. The Morgan fingerprint density at radius 3 is 1.96 bits per heavy atom. The van der Waals surface area contributed by atoms with Gasteiger partial charge in [-0.1, -0.05) is 29.8 Å². The van der Waals surface area contributed by atoms with Crippen molar-refractivity contribution in [1.29, 1.82) is 0 Å². The van der Waals surface area contributed by atoms with Crippen molar-refractivity contribution in [3.8, 4) is 5.75 Å². The van der Waals surface area contributed by atoms with Crippen molar-refractivity contribution >= 4 is 11.5 Å². The van der Waals surface area contributed by atoms with Gasteiger partial charge < -0.3 is 10.4 Å². The van der Waals surface area contributed by atoms with E-state index in [1.807, 2.05) is 24.3 Å². The first-order valence-electron chi connectivity index (χ1n) is 7.85. The van der Waals surface area contributed by atoms with E-state index in [0.717, 1.165) is 12.2 Å². The molecule has 24 heavy (non-hydrogen) atoms. The summed E-state index contributed by atoms with van der Waals surface area (Å²) < 4.78 is 0. The molecule has 3 aromatic rings. The number of rotatable bonds is 5. The standard InChI is InChI=1S/C21H19NO2/c1-15-2-4-16(5-3-15)14-22-19-10-6-17(7-11-19)21(24)18-8-12-20(23)13-9-18/h2-13,22-23H,14H2,1H3. The second-order valence-electron chi connectivity index (χ2n) is 5.79. The number of hydrogen-bond acceptors (Lipinski definition) is 3. The van der Waals surface area contributed by atoms with Crippen LogP contribution in [0.1, 0.15) is 27.0 Å². The summed E-state index contributed by atoms with van der Waals surface area (Å²) in [5.41, 5.74) is 4.62. The molecule has 120 valence electrons. The van der Waals surface area contributed by atoms with Crippen molar-refractivity contribution in [1.82, 2.24) is 0 Å². The van der Waals surface area contributed by atoms with Crippen LogP contribution in [0.3, 0.4) is 0 Å². The van der Waals surface area contributed by atoms with Crippen LogP contribution in [0.5, 0.6) is 5.75 Å². The smallest absolute Gasteiger partial charge is 0.193 e. The number of carbonyl (C=O) groups is 1. The molecule has 2 N–H and O–H groups in total. The van der Waals surface area contributed by atoms with Crippen molar-refractivity contribution in [3.05, 3.63) is 95.1 Å². The van der Waals surface area contributed by atoms with Crippen LogP contribution >= 0.6 is 0 Å². The molecule has 3 rings (SSSR count). The Morgan fingerprint density at radius 1 is 0.833 bits per heavy atom. The Kier molecular flexibility index (Phi) is 4.62. The average molecular weight is 317 g/mol. The number of ketones is 1. The summed E-state index contributed by atoms with van der Waals surface area (Å²) in [5.74, 6) is 0.0993. The van der Waals surface area contributed by atoms with Crippen LogP contribution in [0.15, 0.2) is 72.8 Å². The molecule has 3 nitrogen and oxygen atoms in total.